The Morgan fingerprint density at radius 2 is 1.88 bits per heavy atom. The van der Waals surface area contributed by atoms with E-state index >= 15 is 0 Å². The largest absolute Gasteiger partial charge is 0.368 e. The number of anilines is 2. The number of rotatable bonds is 2. The van der Waals surface area contributed by atoms with Gasteiger partial charge >= 0.3 is 0 Å². The Hall–Kier alpha value is -2.18. The first-order chi connectivity index (χ1) is 12.2. The van der Waals surface area contributed by atoms with Crippen LogP contribution in [0.5, 0.6) is 0 Å². The SMILES string of the molecule is CN1CCN(c2nc(N)nc3c2CCNCC3)C[C@H]1c1ccccc1. The van der Waals surface area contributed by atoms with Crippen molar-refractivity contribution < 1.29 is 0 Å². The van der Waals surface area contributed by atoms with Gasteiger partial charge < -0.3 is 16.0 Å². The van der Waals surface area contributed by atoms with Crippen LogP contribution in [0.2, 0.25) is 0 Å². The quantitative estimate of drug-likeness (QED) is 0.859. The van der Waals surface area contributed by atoms with Gasteiger partial charge in [-0.3, -0.25) is 4.90 Å². The second-order valence-corrected chi connectivity index (χ2v) is 6.93. The maximum atomic E-state index is 6.03. The van der Waals surface area contributed by atoms with Crippen LogP contribution < -0.4 is 16.0 Å². The summed E-state index contributed by atoms with van der Waals surface area (Å²) in [5.41, 5.74) is 9.77. The van der Waals surface area contributed by atoms with Crippen molar-refractivity contribution in [1.82, 2.24) is 20.2 Å². The Kier molecular flexibility index (Phi) is 4.55. The second-order valence-electron chi connectivity index (χ2n) is 6.93. The fourth-order valence-corrected chi connectivity index (χ4v) is 3.91. The van der Waals surface area contributed by atoms with E-state index in [-0.39, 0.29) is 0 Å². The molecule has 0 bridgehead atoms. The van der Waals surface area contributed by atoms with Crippen LogP contribution in [0.3, 0.4) is 0 Å². The van der Waals surface area contributed by atoms with Crippen LogP contribution >= 0.6 is 0 Å². The van der Waals surface area contributed by atoms with Gasteiger partial charge in [0.25, 0.3) is 0 Å². The molecule has 3 heterocycles. The minimum atomic E-state index is 0.366. The summed E-state index contributed by atoms with van der Waals surface area (Å²) in [6, 6.07) is 11.1. The lowest BCUT2D eigenvalue weighted by Gasteiger charge is -2.41. The summed E-state index contributed by atoms with van der Waals surface area (Å²) in [6.07, 6.45) is 1.89. The van der Waals surface area contributed by atoms with E-state index in [2.05, 4.69) is 62.5 Å². The Labute approximate surface area is 149 Å². The highest BCUT2D eigenvalue weighted by atomic mass is 15.3. The van der Waals surface area contributed by atoms with Gasteiger partial charge in [-0.1, -0.05) is 30.3 Å². The number of nitrogens with one attached hydrogen (secondary N) is 1. The van der Waals surface area contributed by atoms with Gasteiger partial charge in [0.2, 0.25) is 5.95 Å². The molecule has 0 radical (unpaired) electrons. The summed E-state index contributed by atoms with van der Waals surface area (Å²) in [5, 5.41) is 3.45. The van der Waals surface area contributed by atoms with E-state index in [0.717, 1.165) is 57.1 Å². The molecule has 0 unspecified atom stereocenters. The van der Waals surface area contributed by atoms with Gasteiger partial charge in [0.15, 0.2) is 0 Å². The summed E-state index contributed by atoms with van der Waals surface area (Å²) < 4.78 is 0. The highest BCUT2D eigenvalue weighted by Crippen LogP contribution is 2.30. The van der Waals surface area contributed by atoms with Crippen LogP contribution in [0.1, 0.15) is 22.9 Å². The van der Waals surface area contributed by atoms with Crippen molar-refractivity contribution >= 4 is 11.8 Å². The third-order valence-corrected chi connectivity index (χ3v) is 5.31. The highest BCUT2D eigenvalue weighted by molar-refractivity contribution is 5.53. The number of hydrogen-bond donors (Lipinski definition) is 2. The van der Waals surface area contributed by atoms with Crippen LogP contribution in [0.25, 0.3) is 0 Å². The van der Waals surface area contributed by atoms with Crippen molar-refractivity contribution in [3.8, 4) is 0 Å². The molecule has 4 rings (SSSR count). The zero-order chi connectivity index (χ0) is 17.2. The van der Waals surface area contributed by atoms with E-state index in [1.807, 2.05) is 0 Å². The molecule has 1 fully saturated rings. The topological polar surface area (TPSA) is 70.3 Å². The molecule has 0 spiro atoms. The minimum Gasteiger partial charge on any atom is -0.368 e. The number of benzene rings is 1. The Balaban J connectivity index is 1.67. The molecule has 6 heteroatoms. The summed E-state index contributed by atoms with van der Waals surface area (Å²) in [5.74, 6) is 1.44. The molecule has 1 saturated heterocycles. The molecule has 0 aliphatic carbocycles. The molecule has 1 aromatic carbocycles. The van der Waals surface area contributed by atoms with Gasteiger partial charge in [0.1, 0.15) is 5.82 Å². The molecule has 25 heavy (non-hydrogen) atoms. The normalized spacial score (nSPS) is 21.6. The van der Waals surface area contributed by atoms with Crippen molar-refractivity contribution in [2.75, 3.05) is 50.4 Å². The molecule has 3 N–H and O–H groups in total. The van der Waals surface area contributed by atoms with E-state index in [9.17, 15) is 0 Å². The van der Waals surface area contributed by atoms with Crippen molar-refractivity contribution in [3.05, 3.63) is 47.2 Å². The Morgan fingerprint density at radius 1 is 1.08 bits per heavy atom. The third kappa shape index (κ3) is 3.32. The van der Waals surface area contributed by atoms with Crippen LogP contribution in [0.4, 0.5) is 11.8 Å². The zero-order valence-electron chi connectivity index (χ0n) is 14.8. The van der Waals surface area contributed by atoms with Crippen LogP contribution in [-0.4, -0.2) is 54.6 Å². The number of hydrogen-bond acceptors (Lipinski definition) is 6. The lowest BCUT2D eigenvalue weighted by Crippen LogP contribution is -2.47. The third-order valence-electron chi connectivity index (χ3n) is 5.31. The first-order valence-corrected chi connectivity index (χ1v) is 9.08. The maximum absolute atomic E-state index is 6.03. The van der Waals surface area contributed by atoms with E-state index < -0.39 is 0 Å². The zero-order valence-corrected chi connectivity index (χ0v) is 14.8. The first kappa shape index (κ1) is 16.3. The van der Waals surface area contributed by atoms with Gasteiger partial charge in [-0.2, -0.15) is 4.98 Å². The smallest absolute Gasteiger partial charge is 0.222 e. The Bertz CT molecular complexity index is 732. The molecule has 0 amide bonds. The summed E-state index contributed by atoms with van der Waals surface area (Å²) >= 11 is 0. The molecule has 1 aromatic heterocycles. The van der Waals surface area contributed by atoms with Crippen LogP contribution in [0, 0.1) is 0 Å². The molecule has 2 aliphatic rings. The summed E-state index contributed by atoms with van der Waals surface area (Å²) in [4.78, 5) is 14.0. The molecular formula is C19H26N6. The van der Waals surface area contributed by atoms with E-state index in [1.54, 1.807) is 0 Å². The fraction of sp³-hybridized carbons (Fsp3) is 0.474. The molecule has 2 aromatic rings. The maximum Gasteiger partial charge on any atom is 0.222 e. The van der Waals surface area contributed by atoms with Crippen molar-refractivity contribution in [2.24, 2.45) is 0 Å². The average molecular weight is 338 g/mol. The number of likely N-dealkylation sites (N-methyl/N-ethyl adjacent to an activating group) is 1. The van der Waals surface area contributed by atoms with E-state index in [4.69, 9.17) is 5.73 Å². The number of nitrogens with two attached hydrogens (primary N) is 1. The second kappa shape index (κ2) is 6.98. The van der Waals surface area contributed by atoms with Gasteiger partial charge in [0, 0.05) is 38.2 Å². The summed E-state index contributed by atoms with van der Waals surface area (Å²) in [7, 11) is 2.20. The number of nitrogens with zero attached hydrogens (tertiary/aromatic N) is 4. The lowest BCUT2D eigenvalue weighted by atomic mass is 10.0. The standard InChI is InChI=1S/C19H26N6/c1-24-11-12-25(13-17(24)14-5-3-2-4-6-14)18-15-7-9-21-10-8-16(15)22-19(20)23-18/h2-6,17,21H,7-13H2,1H3,(H2,20,22,23)/t17-/m0/s1. The number of piperazine rings is 1. The van der Waals surface area contributed by atoms with Gasteiger partial charge in [0.05, 0.1) is 11.7 Å². The molecule has 6 nitrogen and oxygen atoms in total. The van der Waals surface area contributed by atoms with Crippen LogP contribution in [-0.2, 0) is 12.8 Å². The average Bonchev–Trinajstić information content (AvgIpc) is 2.87. The highest BCUT2D eigenvalue weighted by Gasteiger charge is 2.29. The van der Waals surface area contributed by atoms with Crippen molar-refractivity contribution in [2.45, 2.75) is 18.9 Å². The van der Waals surface area contributed by atoms with Gasteiger partial charge in [-0.15, -0.1) is 0 Å². The Morgan fingerprint density at radius 3 is 2.72 bits per heavy atom. The van der Waals surface area contributed by atoms with Crippen molar-refractivity contribution in [1.29, 1.82) is 0 Å². The summed E-state index contributed by atoms with van der Waals surface area (Å²) in [6.45, 7) is 4.84. The van der Waals surface area contributed by atoms with Gasteiger partial charge in [-0.05, 0) is 25.6 Å². The van der Waals surface area contributed by atoms with Gasteiger partial charge in [-0.25, -0.2) is 4.98 Å². The molecule has 132 valence electrons. The number of nitrogen functional groups attached to an aromatic ring is 1. The van der Waals surface area contributed by atoms with Crippen molar-refractivity contribution in [3.63, 3.8) is 0 Å². The molecule has 2 aliphatic heterocycles. The fourth-order valence-electron chi connectivity index (χ4n) is 3.91. The molecule has 0 saturated carbocycles. The van der Waals surface area contributed by atoms with E-state index in [0.29, 0.717) is 12.0 Å². The number of aromatic nitrogens is 2. The van der Waals surface area contributed by atoms with E-state index in [1.165, 1.54) is 11.1 Å². The predicted octanol–water partition coefficient (Wildman–Crippen LogP) is 1.24. The molecule has 1 atom stereocenters. The predicted molar refractivity (Wildman–Crippen MR) is 101 cm³/mol. The number of fused-ring (bicyclic) bond motifs is 1. The van der Waals surface area contributed by atoms with Crippen LogP contribution in [0.15, 0.2) is 30.3 Å². The molecular weight excluding hydrogens is 312 g/mol. The lowest BCUT2D eigenvalue weighted by molar-refractivity contribution is 0.220. The minimum absolute atomic E-state index is 0.366. The monoisotopic (exact) mass is 338 g/mol. The first-order valence-electron chi connectivity index (χ1n) is 9.08.